The lowest BCUT2D eigenvalue weighted by molar-refractivity contribution is -0.119. The highest BCUT2D eigenvalue weighted by Crippen LogP contribution is 2.15. The fourth-order valence-corrected chi connectivity index (χ4v) is 2.54. The number of anilines is 2. The van der Waals surface area contributed by atoms with Gasteiger partial charge in [0.15, 0.2) is 0 Å². The Balaban J connectivity index is 1.82. The molecular formula is C17H20N2O2S. The Morgan fingerprint density at radius 2 is 1.68 bits per heavy atom. The average molecular weight is 316 g/mol. The number of amides is 2. The third-order valence-electron chi connectivity index (χ3n) is 3.18. The van der Waals surface area contributed by atoms with Gasteiger partial charge in [-0.2, -0.15) is 11.3 Å². The molecule has 0 saturated carbocycles. The number of nitrogens with one attached hydrogen (secondary N) is 2. The number of carbonyl (C=O) groups is 2. The predicted octanol–water partition coefficient (Wildman–Crippen LogP) is 3.91. The molecule has 0 aliphatic heterocycles. The van der Waals surface area contributed by atoms with Crippen molar-refractivity contribution < 1.29 is 9.59 Å². The fraction of sp³-hybridized carbons (Fsp3) is 0.294. The van der Waals surface area contributed by atoms with E-state index in [1.54, 1.807) is 35.6 Å². The SMILES string of the molecule is CC(C)C(=O)Nc1ccc(NC(=O)CCc2ccsc2)cc1. The maximum absolute atomic E-state index is 11.9. The van der Waals surface area contributed by atoms with Gasteiger partial charge in [-0.15, -0.1) is 0 Å². The monoisotopic (exact) mass is 316 g/mol. The number of hydrogen-bond donors (Lipinski definition) is 2. The van der Waals surface area contributed by atoms with Crippen molar-refractivity contribution in [3.63, 3.8) is 0 Å². The molecule has 0 aliphatic rings. The summed E-state index contributed by atoms with van der Waals surface area (Å²) in [5.41, 5.74) is 2.65. The smallest absolute Gasteiger partial charge is 0.226 e. The lowest BCUT2D eigenvalue weighted by atomic mass is 10.2. The number of hydrogen-bond acceptors (Lipinski definition) is 3. The van der Waals surface area contributed by atoms with Crippen LogP contribution in [0.1, 0.15) is 25.8 Å². The van der Waals surface area contributed by atoms with Crippen molar-refractivity contribution in [3.8, 4) is 0 Å². The number of aryl methyl sites for hydroxylation is 1. The highest BCUT2D eigenvalue weighted by Gasteiger charge is 2.07. The maximum atomic E-state index is 11.9. The first kappa shape index (κ1) is 16.2. The quantitative estimate of drug-likeness (QED) is 0.849. The molecule has 0 aliphatic carbocycles. The van der Waals surface area contributed by atoms with Crippen molar-refractivity contribution >= 4 is 34.5 Å². The second kappa shape index (κ2) is 7.75. The Bertz CT molecular complexity index is 619. The van der Waals surface area contributed by atoms with E-state index in [1.807, 2.05) is 25.3 Å². The first-order chi connectivity index (χ1) is 10.5. The largest absolute Gasteiger partial charge is 0.326 e. The minimum absolute atomic E-state index is 0.00911. The van der Waals surface area contributed by atoms with Gasteiger partial charge in [0, 0.05) is 23.7 Å². The van der Waals surface area contributed by atoms with Crippen LogP contribution in [0.15, 0.2) is 41.1 Å². The minimum atomic E-state index is -0.0588. The lowest BCUT2D eigenvalue weighted by Gasteiger charge is -2.09. The molecule has 0 atom stereocenters. The van der Waals surface area contributed by atoms with E-state index in [9.17, 15) is 9.59 Å². The Labute approximate surface area is 134 Å². The van der Waals surface area contributed by atoms with E-state index in [0.29, 0.717) is 6.42 Å². The maximum Gasteiger partial charge on any atom is 0.226 e. The van der Waals surface area contributed by atoms with Gasteiger partial charge in [0.2, 0.25) is 11.8 Å². The summed E-state index contributed by atoms with van der Waals surface area (Å²) in [6, 6.07) is 9.19. The molecule has 0 unspecified atom stereocenters. The van der Waals surface area contributed by atoms with Crippen LogP contribution in [0.5, 0.6) is 0 Å². The van der Waals surface area contributed by atoms with Crippen molar-refractivity contribution in [2.75, 3.05) is 10.6 Å². The van der Waals surface area contributed by atoms with E-state index >= 15 is 0 Å². The highest BCUT2D eigenvalue weighted by molar-refractivity contribution is 7.07. The van der Waals surface area contributed by atoms with Crippen LogP contribution >= 0.6 is 11.3 Å². The molecular weight excluding hydrogens is 296 g/mol. The summed E-state index contributed by atoms with van der Waals surface area (Å²) in [6.45, 7) is 3.69. The van der Waals surface area contributed by atoms with E-state index in [2.05, 4.69) is 16.0 Å². The molecule has 2 N–H and O–H groups in total. The zero-order valence-corrected chi connectivity index (χ0v) is 13.6. The molecule has 1 aromatic carbocycles. The third kappa shape index (κ3) is 5.00. The number of rotatable bonds is 6. The van der Waals surface area contributed by atoms with Gasteiger partial charge in [0.05, 0.1) is 0 Å². The van der Waals surface area contributed by atoms with Crippen LogP contribution in [0.25, 0.3) is 0 Å². The summed E-state index contributed by atoms with van der Waals surface area (Å²) in [4.78, 5) is 23.5. The number of carbonyl (C=O) groups excluding carboxylic acids is 2. The minimum Gasteiger partial charge on any atom is -0.326 e. The van der Waals surface area contributed by atoms with Gasteiger partial charge in [-0.05, 0) is 53.1 Å². The average Bonchev–Trinajstić information content (AvgIpc) is 3.00. The van der Waals surface area contributed by atoms with Gasteiger partial charge in [-0.3, -0.25) is 9.59 Å². The second-order valence-electron chi connectivity index (χ2n) is 5.40. The van der Waals surface area contributed by atoms with E-state index in [1.165, 1.54) is 5.56 Å². The van der Waals surface area contributed by atoms with Gasteiger partial charge in [0.25, 0.3) is 0 Å². The Morgan fingerprint density at radius 3 is 2.23 bits per heavy atom. The highest BCUT2D eigenvalue weighted by atomic mass is 32.1. The van der Waals surface area contributed by atoms with Crippen molar-refractivity contribution in [2.45, 2.75) is 26.7 Å². The summed E-state index contributed by atoms with van der Waals surface area (Å²) >= 11 is 1.64. The topological polar surface area (TPSA) is 58.2 Å². The van der Waals surface area contributed by atoms with Gasteiger partial charge in [-0.1, -0.05) is 13.8 Å². The van der Waals surface area contributed by atoms with Gasteiger partial charge < -0.3 is 10.6 Å². The van der Waals surface area contributed by atoms with E-state index in [4.69, 9.17) is 0 Å². The molecule has 0 spiro atoms. The van der Waals surface area contributed by atoms with E-state index < -0.39 is 0 Å². The van der Waals surface area contributed by atoms with Gasteiger partial charge in [0.1, 0.15) is 0 Å². The first-order valence-corrected chi connectivity index (χ1v) is 8.20. The first-order valence-electron chi connectivity index (χ1n) is 7.26. The Kier molecular flexibility index (Phi) is 5.72. The van der Waals surface area contributed by atoms with Crippen molar-refractivity contribution in [2.24, 2.45) is 5.92 Å². The second-order valence-corrected chi connectivity index (χ2v) is 6.18. The van der Waals surface area contributed by atoms with Crippen molar-refractivity contribution in [3.05, 3.63) is 46.7 Å². The summed E-state index contributed by atoms with van der Waals surface area (Å²) in [5.74, 6) is -0.0887. The van der Waals surface area contributed by atoms with Crippen LogP contribution in [-0.4, -0.2) is 11.8 Å². The lowest BCUT2D eigenvalue weighted by Crippen LogP contribution is -2.17. The molecule has 1 heterocycles. The fourth-order valence-electron chi connectivity index (χ4n) is 1.84. The Morgan fingerprint density at radius 1 is 1.05 bits per heavy atom. The van der Waals surface area contributed by atoms with Crippen LogP contribution in [0, 0.1) is 5.92 Å². The predicted molar refractivity (Wildman–Crippen MR) is 91.2 cm³/mol. The zero-order valence-electron chi connectivity index (χ0n) is 12.8. The molecule has 2 rings (SSSR count). The van der Waals surface area contributed by atoms with E-state index in [-0.39, 0.29) is 17.7 Å². The van der Waals surface area contributed by atoms with Crippen molar-refractivity contribution in [1.29, 1.82) is 0 Å². The van der Waals surface area contributed by atoms with E-state index in [0.717, 1.165) is 17.8 Å². The van der Waals surface area contributed by atoms with Crippen LogP contribution in [0.2, 0.25) is 0 Å². The zero-order chi connectivity index (χ0) is 15.9. The van der Waals surface area contributed by atoms with Gasteiger partial charge >= 0.3 is 0 Å². The third-order valence-corrected chi connectivity index (χ3v) is 3.91. The molecule has 5 heteroatoms. The molecule has 22 heavy (non-hydrogen) atoms. The number of benzene rings is 1. The van der Waals surface area contributed by atoms with Crippen LogP contribution in [-0.2, 0) is 16.0 Å². The standard InChI is InChI=1S/C17H20N2O2S/c1-12(2)17(21)19-15-6-4-14(5-7-15)18-16(20)8-3-13-9-10-22-11-13/h4-7,9-12H,3,8H2,1-2H3,(H,18,20)(H,19,21). The molecule has 116 valence electrons. The molecule has 2 amide bonds. The molecule has 0 saturated heterocycles. The van der Waals surface area contributed by atoms with Crippen LogP contribution < -0.4 is 10.6 Å². The number of thiophene rings is 1. The molecule has 0 bridgehead atoms. The Hall–Kier alpha value is -2.14. The summed E-state index contributed by atoms with van der Waals surface area (Å²) in [7, 11) is 0. The van der Waals surface area contributed by atoms with Crippen LogP contribution in [0.3, 0.4) is 0 Å². The van der Waals surface area contributed by atoms with Crippen molar-refractivity contribution in [1.82, 2.24) is 0 Å². The normalized spacial score (nSPS) is 10.5. The molecule has 0 radical (unpaired) electrons. The molecule has 2 aromatic rings. The summed E-state index contributed by atoms with van der Waals surface area (Å²) in [5, 5.41) is 9.74. The molecule has 1 aromatic heterocycles. The van der Waals surface area contributed by atoms with Crippen LogP contribution in [0.4, 0.5) is 11.4 Å². The van der Waals surface area contributed by atoms with Gasteiger partial charge in [-0.25, -0.2) is 0 Å². The summed E-state index contributed by atoms with van der Waals surface area (Å²) < 4.78 is 0. The molecule has 0 fully saturated rings. The summed E-state index contributed by atoms with van der Waals surface area (Å²) in [6.07, 6.45) is 1.21. The molecule has 4 nitrogen and oxygen atoms in total.